The summed E-state index contributed by atoms with van der Waals surface area (Å²) in [5, 5.41) is 5.62. The number of hydrogen-bond acceptors (Lipinski definition) is 4. The number of esters is 1. The average molecular weight is 461 g/mol. The van der Waals surface area contributed by atoms with Gasteiger partial charge in [-0.05, 0) is 53.8 Å². The third kappa shape index (κ3) is 5.61. The van der Waals surface area contributed by atoms with Crippen LogP contribution in [0.2, 0.25) is 0 Å². The molecule has 0 fully saturated rings. The number of urea groups is 1. The Hall–Kier alpha value is -4.13. The Morgan fingerprint density at radius 1 is 0.941 bits per heavy atom. The first-order valence-corrected chi connectivity index (χ1v) is 10.9. The van der Waals surface area contributed by atoms with Crippen molar-refractivity contribution in [3.8, 4) is 5.75 Å². The van der Waals surface area contributed by atoms with E-state index < -0.39 is 23.9 Å². The maximum atomic E-state index is 13.5. The quantitative estimate of drug-likeness (QED) is 0.473. The first kappa shape index (κ1) is 23.0. The molecule has 34 heavy (non-hydrogen) atoms. The van der Waals surface area contributed by atoms with Gasteiger partial charge in [-0.25, -0.2) is 14.0 Å². The second kappa shape index (κ2) is 10.7. The van der Waals surface area contributed by atoms with Gasteiger partial charge in [-0.1, -0.05) is 54.6 Å². The minimum atomic E-state index is -0.671. The van der Waals surface area contributed by atoms with Gasteiger partial charge in [0, 0.05) is 5.70 Å². The highest BCUT2D eigenvalue weighted by Crippen LogP contribution is 2.30. The van der Waals surface area contributed by atoms with E-state index in [4.69, 9.17) is 9.47 Å². The number of hydrogen-bond donors (Lipinski definition) is 2. The number of rotatable bonds is 8. The molecule has 3 aromatic carbocycles. The zero-order valence-corrected chi connectivity index (χ0v) is 18.7. The molecule has 1 aliphatic heterocycles. The third-order valence-corrected chi connectivity index (χ3v) is 5.56. The van der Waals surface area contributed by atoms with E-state index in [0.29, 0.717) is 29.7 Å². The summed E-state index contributed by atoms with van der Waals surface area (Å²) in [7, 11) is 1.60. The molecule has 0 bridgehead atoms. The van der Waals surface area contributed by atoms with Crippen molar-refractivity contribution in [2.24, 2.45) is 0 Å². The maximum absolute atomic E-state index is 13.5. The first-order chi connectivity index (χ1) is 16.5. The van der Waals surface area contributed by atoms with Crippen molar-refractivity contribution < 1.29 is 23.5 Å². The lowest BCUT2D eigenvalue weighted by Crippen LogP contribution is -2.46. The van der Waals surface area contributed by atoms with Crippen LogP contribution in [0.4, 0.5) is 9.18 Å². The van der Waals surface area contributed by atoms with E-state index in [0.717, 1.165) is 16.9 Å². The van der Waals surface area contributed by atoms with E-state index in [1.807, 2.05) is 54.6 Å². The Morgan fingerprint density at radius 3 is 2.47 bits per heavy atom. The number of allylic oxidation sites excluding steroid dienone is 1. The molecule has 0 aliphatic carbocycles. The lowest BCUT2D eigenvalue weighted by molar-refractivity contribution is -0.140. The fraction of sp³-hybridized carbons (Fsp3) is 0.185. The predicted molar refractivity (Wildman–Crippen MR) is 125 cm³/mol. The average Bonchev–Trinajstić information content (AvgIpc) is 2.86. The number of amides is 2. The molecule has 174 valence electrons. The van der Waals surface area contributed by atoms with Crippen LogP contribution in [0.1, 0.15) is 29.2 Å². The summed E-state index contributed by atoms with van der Waals surface area (Å²) < 4.78 is 24.4. The van der Waals surface area contributed by atoms with Crippen molar-refractivity contribution in [2.75, 3.05) is 7.11 Å². The molecule has 2 amide bonds. The van der Waals surface area contributed by atoms with Gasteiger partial charge in [-0.3, -0.25) is 0 Å². The summed E-state index contributed by atoms with van der Waals surface area (Å²) in [5.74, 6) is -0.246. The first-order valence-electron chi connectivity index (χ1n) is 10.9. The van der Waals surface area contributed by atoms with Crippen LogP contribution in [0.15, 0.2) is 90.1 Å². The number of aryl methyl sites for hydroxylation is 1. The zero-order chi connectivity index (χ0) is 23.9. The standard InChI is InChI=1S/C27H25FN2O4/c1-33-22-12-6-7-18(16-22)13-14-23-24(26(31)34-17-19-8-5-11-21(28)15-19)25(30-27(32)29-23)20-9-3-2-4-10-20/h2-12,15-16,25H,13-14,17H2,1H3,(H2,29,30,32). The molecule has 0 aromatic heterocycles. The zero-order valence-electron chi connectivity index (χ0n) is 18.7. The van der Waals surface area contributed by atoms with Crippen molar-refractivity contribution in [1.82, 2.24) is 10.6 Å². The van der Waals surface area contributed by atoms with Crippen LogP contribution in [-0.2, 0) is 22.6 Å². The number of ether oxygens (including phenoxy) is 2. The van der Waals surface area contributed by atoms with Crippen molar-refractivity contribution in [2.45, 2.75) is 25.5 Å². The molecule has 3 aromatic rings. The van der Waals surface area contributed by atoms with Gasteiger partial charge in [0.2, 0.25) is 0 Å². The fourth-order valence-electron chi connectivity index (χ4n) is 3.90. The Kier molecular flexibility index (Phi) is 7.22. The van der Waals surface area contributed by atoms with Crippen molar-refractivity contribution in [3.63, 3.8) is 0 Å². The summed E-state index contributed by atoms with van der Waals surface area (Å²) in [6, 6.07) is 21.7. The highest BCUT2D eigenvalue weighted by Gasteiger charge is 2.33. The van der Waals surface area contributed by atoms with Crippen LogP contribution in [0, 0.1) is 5.82 Å². The van der Waals surface area contributed by atoms with E-state index in [1.165, 1.54) is 12.1 Å². The molecule has 6 nitrogen and oxygen atoms in total. The highest BCUT2D eigenvalue weighted by atomic mass is 19.1. The topological polar surface area (TPSA) is 76.7 Å². The molecule has 2 N–H and O–H groups in total. The summed E-state index contributed by atoms with van der Waals surface area (Å²) in [6.07, 6.45) is 0.989. The minimum Gasteiger partial charge on any atom is -0.497 e. The lowest BCUT2D eigenvalue weighted by Gasteiger charge is -2.29. The van der Waals surface area contributed by atoms with Gasteiger partial charge in [-0.2, -0.15) is 0 Å². The molecule has 0 spiro atoms. The number of benzene rings is 3. The van der Waals surface area contributed by atoms with Gasteiger partial charge in [0.15, 0.2) is 0 Å². The van der Waals surface area contributed by atoms with Crippen molar-refractivity contribution in [3.05, 3.63) is 113 Å². The van der Waals surface area contributed by atoms with E-state index in [2.05, 4.69) is 10.6 Å². The maximum Gasteiger partial charge on any atom is 0.338 e. The van der Waals surface area contributed by atoms with Gasteiger partial charge in [0.1, 0.15) is 18.2 Å². The van der Waals surface area contributed by atoms with Gasteiger partial charge in [0.05, 0.1) is 18.7 Å². The van der Waals surface area contributed by atoms with Gasteiger partial charge in [0.25, 0.3) is 0 Å². The van der Waals surface area contributed by atoms with Gasteiger partial charge in [-0.15, -0.1) is 0 Å². The number of methoxy groups -OCH3 is 1. The molecule has 1 aliphatic rings. The Labute approximate surface area is 197 Å². The van der Waals surface area contributed by atoms with Gasteiger partial charge < -0.3 is 20.1 Å². The van der Waals surface area contributed by atoms with Crippen LogP contribution in [0.25, 0.3) is 0 Å². The molecular formula is C27H25FN2O4. The number of halogens is 1. The van der Waals surface area contributed by atoms with Crippen LogP contribution < -0.4 is 15.4 Å². The second-order valence-electron chi connectivity index (χ2n) is 7.89. The Bertz CT molecular complexity index is 1210. The summed E-state index contributed by atoms with van der Waals surface area (Å²) in [4.78, 5) is 25.8. The van der Waals surface area contributed by atoms with E-state index in [-0.39, 0.29) is 6.61 Å². The third-order valence-electron chi connectivity index (χ3n) is 5.56. The van der Waals surface area contributed by atoms with E-state index in [1.54, 1.807) is 19.2 Å². The summed E-state index contributed by atoms with van der Waals surface area (Å²) >= 11 is 0. The SMILES string of the molecule is COc1cccc(CCC2=C(C(=O)OCc3cccc(F)c3)C(c3ccccc3)NC(=O)N2)c1. The number of carbonyl (C=O) groups is 2. The van der Waals surface area contributed by atoms with E-state index >= 15 is 0 Å². The lowest BCUT2D eigenvalue weighted by atomic mass is 9.93. The fourth-order valence-corrected chi connectivity index (χ4v) is 3.90. The predicted octanol–water partition coefficient (Wildman–Crippen LogP) is 4.82. The summed E-state index contributed by atoms with van der Waals surface area (Å²) in [6.45, 7) is -0.0846. The molecular weight excluding hydrogens is 435 g/mol. The molecule has 7 heteroatoms. The Morgan fingerprint density at radius 2 is 1.71 bits per heavy atom. The Balaban J connectivity index is 1.63. The monoisotopic (exact) mass is 460 g/mol. The number of nitrogens with one attached hydrogen (secondary N) is 2. The van der Waals surface area contributed by atoms with Crippen molar-refractivity contribution in [1.29, 1.82) is 0 Å². The van der Waals surface area contributed by atoms with Gasteiger partial charge >= 0.3 is 12.0 Å². The molecule has 1 unspecified atom stereocenters. The molecule has 0 radical (unpaired) electrons. The molecule has 4 rings (SSSR count). The molecule has 1 heterocycles. The van der Waals surface area contributed by atoms with Crippen LogP contribution in [0.3, 0.4) is 0 Å². The van der Waals surface area contributed by atoms with Crippen LogP contribution in [-0.4, -0.2) is 19.1 Å². The van der Waals surface area contributed by atoms with E-state index in [9.17, 15) is 14.0 Å². The van der Waals surface area contributed by atoms with Crippen LogP contribution in [0.5, 0.6) is 5.75 Å². The number of carbonyl (C=O) groups excluding carboxylic acids is 2. The second-order valence-corrected chi connectivity index (χ2v) is 7.89. The highest BCUT2D eigenvalue weighted by molar-refractivity contribution is 5.95. The smallest absolute Gasteiger partial charge is 0.338 e. The summed E-state index contributed by atoms with van der Waals surface area (Å²) in [5.41, 5.74) is 3.11. The normalized spacial score (nSPS) is 15.4. The molecule has 1 atom stereocenters. The molecule has 0 saturated heterocycles. The van der Waals surface area contributed by atoms with Crippen molar-refractivity contribution >= 4 is 12.0 Å². The molecule has 0 saturated carbocycles. The largest absolute Gasteiger partial charge is 0.497 e. The minimum absolute atomic E-state index is 0.0846. The van der Waals surface area contributed by atoms with Crippen LogP contribution >= 0.6 is 0 Å².